The number of phenolic OH excluding ortho intramolecular Hbond substituents is 1. The standard InChI is InChI=1S/C43H56N4O12/c1-21-12-11-13-22(2)42(55)45-33-28(20-44-47-17-15-46(9)16-18-47)37(52)30-31(38(33)53)36(51)26(6)40-32(30)41(54)43(8,59-40)57-19-14-29(56-10)23(3)39(58-27(7)48)25(5)35(50)24(4)34(21)49/h11-14,19-21,23-25,29,34-35,39,49-51H,15-18H2,1-10H3,(H,45,55)/b12-11-,19-14?,22-13-,44-20+/t21-,23+,24+,25+,29-,34-,35+,39+,43-/m0/s1. The van der Waals surface area contributed by atoms with E-state index in [4.69, 9.17) is 18.9 Å². The summed E-state index contributed by atoms with van der Waals surface area (Å²) in [5, 5.41) is 43.1. The molecule has 5 bridgehead atoms. The van der Waals surface area contributed by atoms with E-state index in [1.165, 1.54) is 59.4 Å². The molecular weight excluding hydrogens is 764 g/mol. The fourth-order valence-corrected chi connectivity index (χ4v) is 7.89. The number of hydrazone groups is 1. The highest BCUT2D eigenvalue weighted by atomic mass is 16.7. The predicted molar refractivity (Wildman–Crippen MR) is 216 cm³/mol. The second kappa shape index (κ2) is 18.0. The summed E-state index contributed by atoms with van der Waals surface area (Å²) in [6, 6.07) is 0. The molecule has 59 heavy (non-hydrogen) atoms. The van der Waals surface area contributed by atoms with Crippen LogP contribution in [-0.4, -0.2) is 131 Å². The van der Waals surface area contributed by atoms with Gasteiger partial charge in [-0.1, -0.05) is 45.9 Å². The second-order valence-electron chi connectivity index (χ2n) is 16.1. The Morgan fingerprint density at radius 3 is 2.24 bits per heavy atom. The molecule has 4 aliphatic heterocycles. The molecule has 1 saturated heterocycles. The number of aromatic hydroxyl groups is 1. The highest BCUT2D eigenvalue weighted by molar-refractivity contribution is 6.37. The summed E-state index contributed by atoms with van der Waals surface area (Å²) < 4.78 is 23.5. The van der Waals surface area contributed by atoms with Gasteiger partial charge in [0.2, 0.25) is 5.78 Å². The first-order valence-electron chi connectivity index (χ1n) is 19.7. The molecule has 1 fully saturated rings. The van der Waals surface area contributed by atoms with Crippen LogP contribution in [-0.2, 0) is 23.8 Å². The third-order valence-electron chi connectivity index (χ3n) is 11.8. The molecule has 320 valence electrons. The van der Waals surface area contributed by atoms with Crippen molar-refractivity contribution in [1.82, 2.24) is 15.2 Å². The van der Waals surface area contributed by atoms with Gasteiger partial charge in [0.05, 0.1) is 53.1 Å². The fraction of sp³-hybridized carbons (Fsp3) is 0.535. The zero-order valence-corrected chi connectivity index (χ0v) is 35.3. The Labute approximate surface area is 344 Å². The number of piperazine rings is 1. The SMILES string of the molecule is CO[C@H]1C=CO[C@@]2(C)Oc3c(C)c(O)c4c(c3C2=O)C(=O)C(/C=N/N2CCN(C)CC2)=C(NC(=O)/C(C)=C\C=C/[C@H](C)[C@H](O)[C@@H](C)[C@@H](O)[C@@H](C)[C@H](OC(C)=O)[C@@H]1C)C4=O. The smallest absolute Gasteiger partial charge is 0.312 e. The minimum Gasteiger partial charge on any atom is -0.507 e. The number of rotatable bonds is 4. The van der Waals surface area contributed by atoms with Gasteiger partial charge < -0.3 is 44.5 Å². The Balaban J connectivity index is 1.66. The van der Waals surface area contributed by atoms with Crippen molar-refractivity contribution < 1.29 is 58.2 Å². The highest BCUT2D eigenvalue weighted by Gasteiger charge is 2.52. The Hall–Kier alpha value is -5.16. The van der Waals surface area contributed by atoms with E-state index < -0.39 is 106 Å². The largest absolute Gasteiger partial charge is 0.507 e. The molecule has 1 aromatic carbocycles. The third-order valence-corrected chi connectivity index (χ3v) is 11.8. The lowest BCUT2D eigenvalue weighted by molar-refractivity contribution is -0.160. The predicted octanol–water partition coefficient (Wildman–Crippen LogP) is 3.23. The first kappa shape index (κ1) is 44.9. The molecule has 1 aromatic rings. The number of benzene rings is 1. The number of likely N-dealkylation sites (N-methyl/N-ethyl adjacent to an activating group) is 1. The lowest BCUT2D eigenvalue weighted by Crippen LogP contribution is -2.46. The molecule has 1 amide bonds. The van der Waals surface area contributed by atoms with E-state index in [-0.39, 0.29) is 28.0 Å². The molecule has 6 rings (SSSR count). The summed E-state index contributed by atoms with van der Waals surface area (Å²) in [4.78, 5) is 71.6. The number of carbonyl (C=O) groups is 5. The number of nitrogens with zero attached hydrogens (tertiary/aromatic N) is 3. The first-order chi connectivity index (χ1) is 27.7. The zero-order valence-electron chi connectivity index (χ0n) is 35.3. The molecule has 9 atom stereocenters. The zero-order chi connectivity index (χ0) is 43.7. The summed E-state index contributed by atoms with van der Waals surface area (Å²) in [7, 11) is 3.39. The monoisotopic (exact) mass is 820 g/mol. The Morgan fingerprint density at radius 2 is 1.61 bits per heavy atom. The minimum atomic E-state index is -2.09. The van der Waals surface area contributed by atoms with Crippen molar-refractivity contribution in [3.8, 4) is 11.5 Å². The molecular formula is C43H56N4O12. The number of aliphatic hydroxyl groups is 2. The number of nitrogens with one attached hydrogen (secondary N) is 1. The second-order valence-corrected chi connectivity index (χ2v) is 16.1. The van der Waals surface area contributed by atoms with Crippen molar-refractivity contribution in [2.75, 3.05) is 40.3 Å². The van der Waals surface area contributed by atoms with Crippen LogP contribution in [0.2, 0.25) is 0 Å². The van der Waals surface area contributed by atoms with Gasteiger partial charge in [-0.3, -0.25) is 29.0 Å². The number of phenols is 1. The van der Waals surface area contributed by atoms with Crippen LogP contribution >= 0.6 is 0 Å². The minimum absolute atomic E-state index is 0.0118. The van der Waals surface area contributed by atoms with Gasteiger partial charge in [0.25, 0.3) is 11.7 Å². The first-order valence-corrected chi connectivity index (χ1v) is 19.7. The summed E-state index contributed by atoms with van der Waals surface area (Å²) in [5.74, 6) is -9.34. The summed E-state index contributed by atoms with van der Waals surface area (Å²) >= 11 is 0. The molecule has 0 radical (unpaired) electrons. The third kappa shape index (κ3) is 8.91. The van der Waals surface area contributed by atoms with Gasteiger partial charge in [0.15, 0.2) is 5.78 Å². The van der Waals surface area contributed by atoms with Gasteiger partial charge in [0, 0.05) is 81.9 Å². The molecule has 16 nitrogen and oxygen atoms in total. The van der Waals surface area contributed by atoms with Crippen molar-refractivity contribution >= 4 is 35.4 Å². The summed E-state index contributed by atoms with van der Waals surface area (Å²) in [5.41, 5.74) is -1.82. The van der Waals surface area contributed by atoms with Crippen molar-refractivity contribution in [2.45, 2.75) is 85.6 Å². The van der Waals surface area contributed by atoms with Crippen LogP contribution in [0.5, 0.6) is 11.5 Å². The number of ether oxygens (including phenoxy) is 4. The number of ketones is 3. The summed E-state index contributed by atoms with van der Waals surface area (Å²) in [6.07, 6.45) is 4.56. The fourth-order valence-electron chi connectivity index (χ4n) is 7.89. The molecule has 4 heterocycles. The van der Waals surface area contributed by atoms with Gasteiger partial charge in [-0.05, 0) is 27.0 Å². The lowest BCUT2D eigenvalue weighted by atomic mass is 9.78. The number of methoxy groups -OCH3 is 1. The Bertz CT molecular complexity index is 2030. The van der Waals surface area contributed by atoms with Crippen LogP contribution in [0, 0.1) is 30.6 Å². The van der Waals surface area contributed by atoms with Crippen molar-refractivity contribution in [3.63, 3.8) is 0 Å². The highest BCUT2D eigenvalue weighted by Crippen LogP contribution is 2.48. The number of aliphatic hydroxyl groups excluding tert-OH is 2. The van der Waals surface area contributed by atoms with Crippen molar-refractivity contribution in [2.24, 2.45) is 28.8 Å². The number of hydrogen-bond donors (Lipinski definition) is 4. The molecule has 0 saturated carbocycles. The van der Waals surface area contributed by atoms with E-state index in [9.17, 15) is 39.3 Å². The average Bonchev–Trinajstić information content (AvgIpc) is 3.46. The van der Waals surface area contributed by atoms with Gasteiger partial charge >= 0.3 is 11.8 Å². The molecule has 0 unspecified atom stereocenters. The molecule has 5 aliphatic rings. The van der Waals surface area contributed by atoms with E-state index in [1.54, 1.807) is 44.9 Å². The number of allylic oxidation sites excluding steroid dienone is 4. The lowest BCUT2D eigenvalue weighted by Gasteiger charge is -2.38. The maximum absolute atomic E-state index is 14.6. The van der Waals surface area contributed by atoms with Gasteiger partial charge in [-0.15, -0.1) is 0 Å². The molecule has 16 heteroatoms. The molecule has 0 spiro atoms. The van der Waals surface area contributed by atoms with Crippen LogP contribution in [0.3, 0.4) is 0 Å². The van der Waals surface area contributed by atoms with E-state index in [1.807, 2.05) is 7.05 Å². The molecule has 0 aromatic heterocycles. The van der Waals surface area contributed by atoms with E-state index in [0.717, 1.165) is 0 Å². The Morgan fingerprint density at radius 1 is 0.949 bits per heavy atom. The van der Waals surface area contributed by atoms with Crippen LogP contribution in [0.1, 0.15) is 85.1 Å². The normalized spacial score (nSPS) is 32.7. The number of Topliss-reactive ketones (excluding diaryl/α,β-unsaturated/α-hetero) is 3. The van der Waals surface area contributed by atoms with Crippen molar-refractivity contribution in [3.05, 3.63) is 69.7 Å². The molecule has 4 N–H and O–H groups in total. The number of carbonyl (C=O) groups excluding carboxylic acids is 5. The van der Waals surface area contributed by atoms with Gasteiger partial charge in [-0.25, -0.2) is 0 Å². The Kier molecular flexibility index (Phi) is 13.7. The number of amides is 1. The average molecular weight is 821 g/mol. The number of fused-ring (bicyclic) bond motifs is 14. The van der Waals surface area contributed by atoms with Crippen LogP contribution in [0.25, 0.3) is 0 Å². The summed E-state index contributed by atoms with van der Waals surface area (Å²) in [6.45, 7) is 14.8. The number of esters is 1. The molecule has 1 aliphatic carbocycles. The quantitative estimate of drug-likeness (QED) is 0.254. The van der Waals surface area contributed by atoms with Crippen LogP contribution < -0.4 is 10.1 Å². The maximum atomic E-state index is 14.6. The van der Waals surface area contributed by atoms with Crippen molar-refractivity contribution in [1.29, 1.82) is 0 Å². The maximum Gasteiger partial charge on any atom is 0.312 e. The topological polar surface area (TPSA) is 214 Å². The van der Waals surface area contributed by atoms with Gasteiger partial charge in [-0.2, -0.15) is 5.10 Å². The van der Waals surface area contributed by atoms with Gasteiger partial charge in [0.1, 0.15) is 23.3 Å². The van der Waals surface area contributed by atoms with E-state index in [0.29, 0.717) is 26.2 Å². The van der Waals surface area contributed by atoms with E-state index >= 15 is 0 Å². The van der Waals surface area contributed by atoms with E-state index in [2.05, 4.69) is 15.3 Å². The van der Waals surface area contributed by atoms with Crippen LogP contribution in [0.15, 0.2) is 52.5 Å². The van der Waals surface area contributed by atoms with Crippen LogP contribution in [0.4, 0.5) is 0 Å². The number of hydrogen-bond acceptors (Lipinski definition) is 15.